The fraction of sp³-hybridized carbons (Fsp3) is 0.0769. The van der Waals surface area contributed by atoms with Gasteiger partial charge in [-0.25, -0.2) is 0 Å². The van der Waals surface area contributed by atoms with Crippen LogP contribution in [0.1, 0.15) is 32.0 Å². The minimum atomic E-state index is -0.176. The third-order valence-electron chi connectivity index (χ3n) is 5.67. The number of fused-ring (bicyclic) bond motifs is 3. The number of para-hydroxylation sites is 2. The highest BCUT2D eigenvalue weighted by molar-refractivity contribution is 6.30. The average Bonchev–Trinajstić information content (AvgIpc) is 3.19. The summed E-state index contributed by atoms with van der Waals surface area (Å²) in [6.45, 7) is 2.32. The number of benzene rings is 3. The van der Waals surface area contributed by atoms with Gasteiger partial charge in [0.05, 0.1) is 17.9 Å². The minimum absolute atomic E-state index is 0.113. The molecule has 1 aromatic heterocycles. The van der Waals surface area contributed by atoms with Crippen LogP contribution in [0.5, 0.6) is 0 Å². The monoisotopic (exact) mass is 441 g/mol. The number of nitrogens with one attached hydrogen (secondary N) is 1. The van der Waals surface area contributed by atoms with Crippen molar-refractivity contribution in [1.29, 1.82) is 0 Å². The first-order valence-electron chi connectivity index (χ1n) is 10.3. The highest BCUT2D eigenvalue weighted by atomic mass is 35.5. The van der Waals surface area contributed by atoms with Crippen LogP contribution in [0.4, 0.5) is 11.4 Å². The van der Waals surface area contributed by atoms with Crippen molar-refractivity contribution in [2.75, 3.05) is 10.2 Å². The minimum Gasteiger partial charge on any atom is -0.322 e. The van der Waals surface area contributed by atoms with Gasteiger partial charge in [0.15, 0.2) is 0 Å². The van der Waals surface area contributed by atoms with E-state index in [2.05, 4.69) is 5.32 Å². The Morgan fingerprint density at radius 1 is 0.844 bits per heavy atom. The van der Waals surface area contributed by atoms with Crippen molar-refractivity contribution in [1.82, 2.24) is 4.57 Å². The molecule has 0 aliphatic carbocycles. The van der Waals surface area contributed by atoms with E-state index in [0.717, 1.165) is 22.6 Å². The lowest BCUT2D eigenvalue weighted by molar-refractivity contribution is 0.0982. The van der Waals surface area contributed by atoms with Crippen molar-refractivity contribution in [3.8, 4) is 5.69 Å². The normalized spacial score (nSPS) is 12.1. The lowest BCUT2D eigenvalue weighted by Crippen LogP contribution is -2.35. The largest absolute Gasteiger partial charge is 0.322 e. The summed E-state index contributed by atoms with van der Waals surface area (Å²) in [4.78, 5) is 27.7. The van der Waals surface area contributed by atoms with Crippen LogP contribution < -0.4 is 10.2 Å². The van der Waals surface area contributed by atoms with E-state index in [4.69, 9.17) is 11.6 Å². The summed E-state index contributed by atoms with van der Waals surface area (Å²) in [7, 11) is 0. The van der Waals surface area contributed by atoms with E-state index >= 15 is 0 Å². The summed E-state index contributed by atoms with van der Waals surface area (Å²) in [5.41, 5.74) is 5.34. The summed E-state index contributed by atoms with van der Waals surface area (Å²) >= 11 is 6.37. The lowest BCUT2D eigenvalue weighted by Gasteiger charge is -2.31. The molecule has 0 spiro atoms. The van der Waals surface area contributed by atoms with Crippen LogP contribution in [0, 0.1) is 6.92 Å². The second-order valence-corrected chi connectivity index (χ2v) is 8.10. The van der Waals surface area contributed by atoms with E-state index in [0.29, 0.717) is 28.5 Å². The van der Waals surface area contributed by atoms with Crippen molar-refractivity contribution in [2.24, 2.45) is 0 Å². The molecule has 0 saturated heterocycles. The molecule has 158 valence electrons. The Labute approximate surface area is 190 Å². The lowest BCUT2D eigenvalue weighted by atomic mass is 10.1. The standard InChI is InChI=1S/C26H20ClN3O2/c1-17-6-2-3-7-21(17)25(31)28-19-12-10-18(11-13-19)26(32)29-16-20-14-15-24(27)30(20)23-9-5-4-8-22(23)29/h2-15H,16H2,1H3,(H,28,31). The van der Waals surface area contributed by atoms with Crippen molar-refractivity contribution in [3.05, 3.63) is 112 Å². The maximum atomic E-state index is 13.4. The second kappa shape index (κ2) is 8.02. The van der Waals surface area contributed by atoms with Gasteiger partial charge in [-0.3, -0.25) is 9.59 Å². The van der Waals surface area contributed by atoms with Gasteiger partial charge in [0.2, 0.25) is 0 Å². The zero-order valence-corrected chi connectivity index (χ0v) is 18.1. The summed E-state index contributed by atoms with van der Waals surface area (Å²) in [5.74, 6) is -0.289. The molecular formula is C26H20ClN3O2. The van der Waals surface area contributed by atoms with Gasteiger partial charge in [0.25, 0.3) is 11.8 Å². The predicted octanol–water partition coefficient (Wildman–Crippen LogP) is 5.85. The molecule has 0 unspecified atom stereocenters. The van der Waals surface area contributed by atoms with Crippen molar-refractivity contribution in [2.45, 2.75) is 13.5 Å². The summed E-state index contributed by atoms with van der Waals surface area (Å²) < 4.78 is 1.96. The fourth-order valence-electron chi connectivity index (χ4n) is 4.03. The van der Waals surface area contributed by atoms with Crippen LogP contribution in [0.2, 0.25) is 5.15 Å². The molecular weight excluding hydrogens is 422 g/mol. The molecule has 1 N–H and O–H groups in total. The molecule has 5 nitrogen and oxygen atoms in total. The Hall–Kier alpha value is -3.83. The highest BCUT2D eigenvalue weighted by Crippen LogP contribution is 2.36. The van der Waals surface area contributed by atoms with Crippen LogP contribution >= 0.6 is 11.6 Å². The fourth-order valence-corrected chi connectivity index (χ4v) is 4.29. The second-order valence-electron chi connectivity index (χ2n) is 7.71. The van der Waals surface area contributed by atoms with Gasteiger partial charge in [-0.05, 0) is 67.1 Å². The van der Waals surface area contributed by atoms with E-state index in [9.17, 15) is 9.59 Å². The number of amides is 2. The molecule has 0 bridgehead atoms. The number of carbonyl (C=O) groups is 2. The molecule has 1 aliphatic heterocycles. The first-order valence-corrected chi connectivity index (χ1v) is 10.6. The molecule has 0 fully saturated rings. The third-order valence-corrected chi connectivity index (χ3v) is 5.97. The molecule has 6 heteroatoms. The number of halogens is 1. The van der Waals surface area contributed by atoms with Crippen LogP contribution in [0.25, 0.3) is 5.69 Å². The maximum Gasteiger partial charge on any atom is 0.258 e. The maximum absolute atomic E-state index is 13.4. The average molecular weight is 442 g/mol. The van der Waals surface area contributed by atoms with Gasteiger partial charge in [-0.2, -0.15) is 0 Å². The highest BCUT2D eigenvalue weighted by Gasteiger charge is 2.28. The SMILES string of the molecule is Cc1ccccc1C(=O)Nc1ccc(C(=O)N2Cc3ccc(Cl)n3-c3ccccc32)cc1. The number of aromatic nitrogens is 1. The Balaban J connectivity index is 1.39. The molecule has 3 aromatic carbocycles. The quantitative estimate of drug-likeness (QED) is 0.433. The van der Waals surface area contributed by atoms with E-state index in [1.165, 1.54) is 0 Å². The van der Waals surface area contributed by atoms with Crippen molar-refractivity contribution >= 4 is 34.8 Å². The summed E-state index contributed by atoms with van der Waals surface area (Å²) in [6.07, 6.45) is 0. The van der Waals surface area contributed by atoms with Gasteiger partial charge >= 0.3 is 0 Å². The van der Waals surface area contributed by atoms with Crippen LogP contribution in [-0.4, -0.2) is 16.4 Å². The Morgan fingerprint density at radius 2 is 1.53 bits per heavy atom. The molecule has 1 aliphatic rings. The zero-order valence-electron chi connectivity index (χ0n) is 17.4. The number of aryl methyl sites for hydroxylation is 1. The molecule has 32 heavy (non-hydrogen) atoms. The molecule has 2 amide bonds. The third kappa shape index (κ3) is 3.47. The van der Waals surface area contributed by atoms with Crippen LogP contribution in [0.3, 0.4) is 0 Å². The summed E-state index contributed by atoms with van der Waals surface area (Å²) in [6, 6.07) is 25.9. The van der Waals surface area contributed by atoms with Crippen molar-refractivity contribution < 1.29 is 9.59 Å². The number of hydrogen-bond acceptors (Lipinski definition) is 2. The van der Waals surface area contributed by atoms with E-state index < -0.39 is 0 Å². The number of rotatable bonds is 3. The first-order chi connectivity index (χ1) is 15.5. The molecule has 4 aromatic rings. The topological polar surface area (TPSA) is 54.3 Å². The number of carbonyl (C=O) groups excluding carboxylic acids is 2. The zero-order chi connectivity index (χ0) is 22.2. The first kappa shape index (κ1) is 20.1. The van der Waals surface area contributed by atoms with Crippen molar-refractivity contribution in [3.63, 3.8) is 0 Å². The van der Waals surface area contributed by atoms with E-state index in [1.54, 1.807) is 35.2 Å². The van der Waals surface area contributed by atoms with Gasteiger partial charge < -0.3 is 14.8 Å². The van der Waals surface area contributed by atoms with Gasteiger partial charge in [-0.1, -0.05) is 41.9 Å². The van der Waals surface area contributed by atoms with Gasteiger partial charge in [0, 0.05) is 22.5 Å². The Kier molecular flexibility index (Phi) is 5.04. The predicted molar refractivity (Wildman–Crippen MR) is 127 cm³/mol. The number of nitrogens with zero attached hydrogens (tertiary/aromatic N) is 2. The van der Waals surface area contributed by atoms with Crippen LogP contribution in [-0.2, 0) is 6.54 Å². The van der Waals surface area contributed by atoms with Crippen LogP contribution in [0.15, 0.2) is 84.9 Å². The molecule has 2 heterocycles. The molecule has 0 atom stereocenters. The number of hydrogen-bond donors (Lipinski definition) is 1. The number of anilines is 2. The molecule has 0 radical (unpaired) electrons. The van der Waals surface area contributed by atoms with E-state index in [-0.39, 0.29) is 11.8 Å². The Bertz CT molecular complexity index is 1340. The summed E-state index contributed by atoms with van der Waals surface area (Å²) in [5, 5.41) is 3.51. The Morgan fingerprint density at radius 3 is 2.28 bits per heavy atom. The molecule has 5 rings (SSSR count). The van der Waals surface area contributed by atoms with E-state index in [1.807, 2.05) is 66.1 Å². The van der Waals surface area contributed by atoms with Gasteiger partial charge in [0.1, 0.15) is 5.15 Å². The van der Waals surface area contributed by atoms with Gasteiger partial charge in [-0.15, -0.1) is 0 Å². The molecule has 0 saturated carbocycles. The smallest absolute Gasteiger partial charge is 0.258 e.